The zero-order chi connectivity index (χ0) is 30.1. The van der Waals surface area contributed by atoms with Gasteiger partial charge in [0.05, 0.1) is 5.56 Å². The Morgan fingerprint density at radius 3 is 1.40 bits per heavy atom. The molecule has 0 saturated heterocycles. The van der Waals surface area contributed by atoms with Crippen LogP contribution in [0.25, 0.3) is 33.4 Å². The first-order valence-electron chi connectivity index (χ1n) is 12.6. The van der Waals surface area contributed by atoms with Gasteiger partial charge < -0.3 is 9.47 Å². The third-order valence-electron chi connectivity index (χ3n) is 6.48. The van der Waals surface area contributed by atoms with Crippen LogP contribution in [0, 0.1) is 18.6 Å². The predicted octanol–water partition coefficient (Wildman–Crippen LogP) is 10.3. The van der Waals surface area contributed by atoms with Crippen molar-refractivity contribution >= 4 is 0 Å². The number of aryl methyl sites for hydroxylation is 1. The highest BCUT2D eigenvalue weighted by molar-refractivity contribution is 5.71. The smallest absolute Gasteiger partial charge is 0.429 e. The molecule has 0 spiro atoms. The first-order valence-corrected chi connectivity index (χ1v) is 12.6. The van der Waals surface area contributed by atoms with Gasteiger partial charge in [-0.05, 0) is 76.7 Å². The summed E-state index contributed by atoms with van der Waals surface area (Å²) in [5.41, 5.74) is 3.47. The molecule has 5 aromatic carbocycles. The first-order chi connectivity index (χ1) is 19.9. The molecule has 0 amide bonds. The monoisotopic (exact) mass is 582 g/mol. The second kappa shape index (κ2) is 11.2. The predicted molar refractivity (Wildman–Crippen MR) is 145 cm³/mol. The zero-order valence-corrected chi connectivity index (χ0v) is 21.9. The van der Waals surface area contributed by atoms with Gasteiger partial charge in [0.1, 0.15) is 11.6 Å². The van der Waals surface area contributed by atoms with Gasteiger partial charge in [0.15, 0.2) is 11.6 Å². The van der Waals surface area contributed by atoms with E-state index in [1.54, 1.807) is 48.5 Å². The fourth-order valence-corrected chi connectivity index (χ4v) is 4.34. The number of benzene rings is 5. The molecule has 42 heavy (non-hydrogen) atoms. The number of ether oxygens (including phenoxy) is 2. The second-order valence-electron chi connectivity index (χ2n) is 9.47. The van der Waals surface area contributed by atoms with Gasteiger partial charge in [-0.25, -0.2) is 8.78 Å². The molecule has 2 nitrogen and oxygen atoms in total. The molecule has 0 aromatic heterocycles. The SMILES string of the molecule is Cc1ccc(-c2ccc(C(F)(F)Oc3ccc(-c4ccc(-c5ccc(OC(F)(F)F)c(F)c5)cc4)cc3)c(F)c2)cc1. The normalized spacial score (nSPS) is 11.8. The van der Waals surface area contributed by atoms with Crippen molar-refractivity contribution in [1.82, 2.24) is 0 Å². The Hall–Kier alpha value is -4.79. The van der Waals surface area contributed by atoms with Gasteiger partial charge >= 0.3 is 12.5 Å². The summed E-state index contributed by atoms with van der Waals surface area (Å²) in [7, 11) is 0. The first kappa shape index (κ1) is 28.7. The molecule has 214 valence electrons. The fourth-order valence-electron chi connectivity index (χ4n) is 4.34. The lowest BCUT2D eigenvalue weighted by molar-refractivity contribution is -0.275. The third-order valence-corrected chi connectivity index (χ3v) is 6.48. The Morgan fingerprint density at radius 2 is 0.905 bits per heavy atom. The van der Waals surface area contributed by atoms with Crippen molar-refractivity contribution in [1.29, 1.82) is 0 Å². The molecule has 0 N–H and O–H groups in total. The molecule has 0 aliphatic heterocycles. The van der Waals surface area contributed by atoms with Crippen LogP contribution in [0.2, 0.25) is 0 Å². The largest absolute Gasteiger partial charge is 0.573 e. The summed E-state index contributed by atoms with van der Waals surface area (Å²) in [6, 6.07) is 26.2. The average Bonchev–Trinajstić information content (AvgIpc) is 2.94. The maximum atomic E-state index is 14.9. The van der Waals surface area contributed by atoms with Gasteiger partial charge in [-0.15, -0.1) is 13.2 Å². The maximum Gasteiger partial charge on any atom is 0.573 e. The quantitative estimate of drug-likeness (QED) is 0.178. The molecule has 0 heterocycles. The molecule has 5 aromatic rings. The van der Waals surface area contributed by atoms with Gasteiger partial charge in [-0.1, -0.05) is 78.4 Å². The van der Waals surface area contributed by atoms with E-state index in [0.29, 0.717) is 33.4 Å². The van der Waals surface area contributed by atoms with Crippen molar-refractivity contribution in [3.63, 3.8) is 0 Å². The Balaban J connectivity index is 1.28. The summed E-state index contributed by atoms with van der Waals surface area (Å²) in [6.45, 7) is 1.91. The highest BCUT2D eigenvalue weighted by Gasteiger charge is 2.38. The molecule has 0 bridgehead atoms. The van der Waals surface area contributed by atoms with Crippen molar-refractivity contribution in [2.75, 3.05) is 0 Å². The maximum absolute atomic E-state index is 14.9. The molecule has 0 aliphatic rings. The van der Waals surface area contributed by atoms with E-state index in [9.17, 15) is 30.7 Å². The van der Waals surface area contributed by atoms with Crippen molar-refractivity contribution in [3.8, 4) is 44.9 Å². The molecule has 5 rings (SSSR count). The molecule has 9 heteroatoms. The lowest BCUT2D eigenvalue weighted by Crippen LogP contribution is -2.23. The van der Waals surface area contributed by atoms with Crippen LogP contribution < -0.4 is 9.47 Å². The van der Waals surface area contributed by atoms with E-state index in [1.807, 2.05) is 19.1 Å². The number of alkyl halides is 5. The number of rotatable bonds is 7. The number of hydrogen-bond donors (Lipinski definition) is 0. The van der Waals surface area contributed by atoms with Gasteiger partial charge in [0.25, 0.3) is 0 Å². The van der Waals surface area contributed by atoms with Crippen LogP contribution in [-0.2, 0) is 6.11 Å². The summed E-state index contributed by atoms with van der Waals surface area (Å²) >= 11 is 0. The van der Waals surface area contributed by atoms with E-state index in [0.717, 1.165) is 29.8 Å². The van der Waals surface area contributed by atoms with E-state index in [-0.39, 0.29) is 5.75 Å². The molecule has 0 atom stereocenters. The Kier molecular flexibility index (Phi) is 7.69. The fraction of sp³-hybridized carbons (Fsp3) is 0.0909. The van der Waals surface area contributed by atoms with Gasteiger partial charge in [0, 0.05) is 0 Å². The van der Waals surface area contributed by atoms with Crippen LogP contribution >= 0.6 is 0 Å². The molecule has 0 fully saturated rings. The summed E-state index contributed by atoms with van der Waals surface area (Å²) < 4.78 is 104. The van der Waals surface area contributed by atoms with E-state index in [2.05, 4.69) is 4.74 Å². The Labute approximate surface area is 236 Å². The zero-order valence-electron chi connectivity index (χ0n) is 21.9. The van der Waals surface area contributed by atoms with Crippen LogP contribution in [-0.4, -0.2) is 6.36 Å². The Morgan fingerprint density at radius 1 is 0.476 bits per heavy atom. The van der Waals surface area contributed by atoms with Crippen LogP contribution in [0.5, 0.6) is 11.5 Å². The lowest BCUT2D eigenvalue weighted by atomic mass is 10.00. The van der Waals surface area contributed by atoms with Crippen LogP contribution in [0.15, 0.2) is 109 Å². The lowest BCUT2D eigenvalue weighted by Gasteiger charge is -2.19. The van der Waals surface area contributed by atoms with Crippen molar-refractivity contribution < 1.29 is 40.2 Å². The molecular weight excluding hydrogens is 561 g/mol. The van der Waals surface area contributed by atoms with Gasteiger partial charge in [-0.3, -0.25) is 0 Å². The van der Waals surface area contributed by atoms with Gasteiger partial charge in [-0.2, -0.15) is 8.78 Å². The average molecular weight is 583 g/mol. The molecule has 0 unspecified atom stereocenters. The summed E-state index contributed by atoms with van der Waals surface area (Å²) in [5.74, 6) is -3.38. The van der Waals surface area contributed by atoms with Crippen molar-refractivity contribution in [2.45, 2.75) is 19.4 Å². The minimum atomic E-state index is -5.01. The highest BCUT2D eigenvalue weighted by Crippen LogP contribution is 2.36. The van der Waals surface area contributed by atoms with E-state index in [1.165, 1.54) is 24.3 Å². The summed E-state index contributed by atoms with van der Waals surface area (Å²) in [5, 5.41) is 0. The van der Waals surface area contributed by atoms with Crippen LogP contribution in [0.1, 0.15) is 11.1 Å². The third kappa shape index (κ3) is 6.57. The molecule has 0 radical (unpaired) electrons. The topological polar surface area (TPSA) is 18.5 Å². The molecular formula is C33H21F7O2. The van der Waals surface area contributed by atoms with E-state index >= 15 is 0 Å². The summed E-state index contributed by atoms with van der Waals surface area (Å²) in [4.78, 5) is 0. The number of hydrogen-bond acceptors (Lipinski definition) is 2. The van der Waals surface area contributed by atoms with Crippen LogP contribution in [0.3, 0.4) is 0 Å². The minimum Gasteiger partial charge on any atom is -0.429 e. The van der Waals surface area contributed by atoms with Crippen molar-refractivity contribution in [2.24, 2.45) is 0 Å². The molecule has 0 saturated carbocycles. The van der Waals surface area contributed by atoms with E-state index < -0.39 is 35.4 Å². The molecule has 0 aliphatic carbocycles. The van der Waals surface area contributed by atoms with Crippen LogP contribution in [0.4, 0.5) is 30.7 Å². The van der Waals surface area contributed by atoms with Crippen molar-refractivity contribution in [3.05, 3.63) is 132 Å². The summed E-state index contributed by atoms with van der Waals surface area (Å²) in [6.07, 6.45) is -8.95. The Bertz CT molecular complexity index is 1690. The standard InChI is InChI=1S/C33H21F7O2/c1-20-2-4-23(5-3-20)25-12-16-28(29(34)18-25)32(36,37)41-27-14-10-22(11-15-27)21-6-8-24(9-7-21)26-13-17-31(30(35)19-26)42-33(38,39)40/h2-19H,1H3. The van der Waals surface area contributed by atoms with E-state index in [4.69, 9.17) is 4.74 Å². The van der Waals surface area contributed by atoms with Gasteiger partial charge in [0.2, 0.25) is 0 Å². The number of halogens is 7. The minimum absolute atomic E-state index is 0.181. The highest BCUT2D eigenvalue weighted by atomic mass is 19.4. The second-order valence-corrected chi connectivity index (χ2v) is 9.47.